The molecule has 1 aliphatic carbocycles. The van der Waals surface area contributed by atoms with Gasteiger partial charge in [-0.3, -0.25) is 14.8 Å². The summed E-state index contributed by atoms with van der Waals surface area (Å²) in [5.41, 5.74) is 6.09. The minimum Gasteiger partial charge on any atom is -0.378 e. The Morgan fingerprint density at radius 1 is 1.38 bits per heavy atom. The Hall–Kier alpha value is -3.25. The SMILES string of the molecule is [C-]#[N+]c1ccc(/C(F)=C/c2ccc(F)c([C@@]3(C)N=C(N)S[C@@]4(C(=O)N(C)C)C[C@H]43)c2)nc1. The third-order valence-electron chi connectivity index (χ3n) is 5.94. The Bertz CT molecular complexity index is 1200. The van der Waals surface area contributed by atoms with Crippen molar-refractivity contribution >= 4 is 40.4 Å². The lowest BCUT2D eigenvalue weighted by molar-refractivity contribution is -0.129. The van der Waals surface area contributed by atoms with Crippen molar-refractivity contribution in [3.05, 3.63) is 70.6 Å². The van der Waals surface area contributed by atoms with Crippen molar-refractivity contribution < 1.29 is 13.6 Å². The number of pyridine rings is 1. The minimum absolute atomic E-state index is 0.0728. The van der Waals surface area contributed by atoms with Crippen LogP contribution in [0.3, 0.4) is 0 Å². The van der Waals surface area contributed by atoms with Crippen LogP contribution in [0.1, 0.15) is 30.2 Å². The van der Waals surface area contributed by atoms with E-state index in [9.17, 15) is 13.6 Å². The number of aromatic nitrogens is 1. The van der Waals surface area contributed by atoms with Gasteiger partial charge in [0.05, 0.1) is 17.8 Å². The molecule has 32 heavy (non-hydrogen) atoms. The van der Waals surface area contributed by atoms with Crippen LogP contribution in [0.15, 0.2) is 41.5 Å². The second kappa shape index (κ2) is 7.71. The highest BCUT2D eigenvalue weighted by molar-refractivity contribution is 8.15. The molecule has 1 fully saturated rings. The standard InChI is InChI=1S/C23H21F2N5OS/c1-22(19-11-23(19,20(31)30(3)4)32-21(26)29-22)15-9-13(5-7-16(15)24)10-17(25)18-8-6-14(27-2)12-28-18/h5-10,12,19H,11H2,1,3-4H3,(H2,26,29)/b17-10-/t19-,22+,23-/m0/s1. The fourth-order valence-corrected chi connectivity index (χ4v) is 5.77. The van der Waals surface area contributed by atoms with Crippen molar-refractivity contribution in [1.82, 2.24) is 9.88 Å². The molecule has 1 aromatic heterocycles. The zero-order valence-electron chi connectivity index (χ0n) is 17.8. The van der Waals surface area contributed by atoms with Gasteiger partial charge < -0.3 is 10.6 Å². The Morgan fingerprint density at radius 2 is 2.12 bits per heavy atom. The number of benzene rings is 1. The van der Waals surface area contributed by atoms with Crippen LogP contribution in [-0.4, -0.2) is 39.8 Å². The number of thioether (sulfide) groups is 1. The van der Waals surface area contributed by atoms with Crippen LogP contribution in [0.2, 0.25) is 0 Å². The third-order valence-corrected chi connectivity index (χ3v) is 7.23. The number of amidine groups is 1. The van der Waals surface area contributed by atoms with E-state index in [1.54, 1.807) is 27.1 Å². The van der Waals surface area contributed by atoms with E-state index in [1.807, 2.05) is 0 Å². The Balaban J connectivity index is 1.72. The van der Waals surface area contributed by atoms with E-state index in [2.05, 4.69) is 14.8 Å². The Kier molecular flexibility index (Phi) is 5.29. The number of fused-ring (bicyclic) bond motifs is 1. The van der Waals surface area contributed by atoms with Crippen LogP contribution < -0.4 is 5.73 Å². The van der Waals surface area contributed by atoms with Gasteiger partial charge in [-0.05, 0) is 43.2 Å². The zero-order chi connectivity index (χ0) is 23.3. The van der Waals surface area contributed by atoms with Gasteiger partial charge in [0.25, 0.3) is 0 Å². The number of carbonyl (C=O) groups is 1. The van der Waals surface area contributed by atoms with Gasteiger partial charge in [0.1, 0.15) is 16.4 Å². The normalized spacial score (nSPS) is 26.6. The number of hydrogen-bond donors (Lipinski definition) is 1. The number of halogens is 2. The molecule has 1 amide bonds. The van der Waals surface area contributed by atoms with Crippen molar-refractivity contribution in [3.63, 3.8) is 0 Å². The molecular weight excluding hydrogens is 432 g/mol. The molecular formula is C23H21F2N5OS. The molecule has 2 aliphatic rings. The lowest BCUT2D eigenvalue weighted by Gasteiger charge is -2.34. The number of rotatable bonds is 4. The van der Waals surface area contributed by atoms with Gasteiger partial charge in [-0.25, -0.2) is 13.6 Å². The van der Waals surface area contributed by atoms with E-state index in [0.29, 0.717) is 17.7 Å². The summed E-state index contributed by atoms with van der Waals surface area (Å²) in [6.45, 7) is 8.72. The Morgan fingerprint density at radius 3 is 2.75 bits per heavy atom. The predicted molar refractivity (Wildman–Crippen MR) is 122 cm³/mol. The van der Waals surface area contributed by atoms with Gasteiger partial charge in [-0.2, -0.15) is 0 Å². The van der Waals surface area contributed by atoms with E-state index in [4.69, 9.17) is 12.3 Å². The summed E-state index contributed by atoms with van der Waals surface area (Å²) in [4.78, 5) is 26.1. The molecule has 0 unspecified atom stereocenters. The molecule has 1 aromatic carbocycles. The van der Waals surface area contributed by atoms with Crippen molar-refractivity contribution in [2.45, 2.75) is 23.6 Å². The number of aliphatic imine (C=N–C) groups is 1. The topological polar surface area (TPSA) is 75.9 Å². The van der Waals surface area contributed by atoms with Gasteiger partial charge in [0.2, 0.25) is 11.6 Å². The van der Waals surface area contributed by atoms with Crippen LogP contribution in [0.4, 0.5) is 14.5 Å². The summed E-state index contributed by atoms with van der Waals surface area (Å²) < 4.78 is 29.0. The first-order valence-electron chi connectivity index (χ1n) is 9.88. The molecule has 6 nitrogen and oxygen atoms in total. The number of carbonyl (C=O) groups excluding carboxylic acids is 1. The number of nitrogens with two attached hydrogens (primary N) is 1. The maximum absolute atomic E-state index is 15.0. The predicted octanol–water partition coefficient (Wildman–Crippen LogP) is 4.36. The van der Waals surface area contributed by atoms with Crippen molar-refractivity contribution in [2.75, 3.05) is 14.1 Å². The van der Waals surface area contributed by atoms with E-state index in [1.165, 1.54) is 53.2 Å². The van der Waals surface area contributed by atoms with Gasteiger partial charge in [-0.15, -0.1) is 0 Å². The third kappa shape index (κ3) is 3.54. The molecule has 1 saturated carbocycles. The maximum atomic E-state index is 15.0. The number of amides is 1. The molecule has 2 aromatic rings. The van der Waals surface area contributed by atoms with E-state index in [0.717, 1.165) is 0 Å². The molecule has 2 N–H and O–H groups in total. The average molecular weight is 454 g/mol. The molecule has 3 atom stereocenters. The summed E-state index contributed by atoms with van der Waals surface area (Å²) in [6.07, 6.45) is 3.07. The minimum atomic E-state index is -1.05. The van der Waals surface area contributed by atoms with Crippen molar-refractivity contribution in [1.29, 1.82) is 0 Å². The summed E-state index contributed by atoms with van der Waals surface area (Å²) in [6, 6.07) is 7.16. The molecule has 0 saturated heterocycles. The first-order valence-corrected chi connectivity index (χ1v) is 10.7. The van der Waals surface area contributed by atoms with Crippen LogP contribution in [0.25, 0.3) is 16.7 Å². The molecule has 2 heterocycles. The average Bonchev–Trinajstić information content (AvgIpc) is 3.51. The molecule has 0 radical (unpaired) electrons. The molecule has 0 spiro atoms. The Labute approximate surface area is 189 Å². The lowest BCUT2D eigenvalue weighted by atomic mass is 9.84. The second-order valence-corrected chi connectivity index (χ2v) is 9.64. The largest absolute Gasteiger partial charge is 0.378 e. The highest BCUT2D eigenvalue weighted by atomic mass is 32.2. The van der Waals surface area contributed by atoms with Gasteiger partial charge in [0.15, 0.2) is 5.17 Å². The van der Waals surface area contributed by atoms with Crippen LogP contribution in [0, 0.1) is 18.3 Å². The van der Waals surface area contributed by atoms with Gasteiger partial charge in [0, 0.05) is 31.8 Å². The summed E-state index contributed by atoms with van der Waals surface area (Å²) in [5.74, 6) is -1.42. The molecule has 4 rings (SSSR count). The summed E-state index contributed by atoms with van der Waals surface area (Å²) in [7, 11) is 3.36. The quantitative estimate of drug-likeness (QED) is 0.698. The molecule has 1 aliphatic heterocycles. The van der Waals surface area contributed by atoms with Crippen LogP contribution in [0.5, 0.6) is 0 Å². The summed E-state index contributed by atoms with van der Waals surface area (Å²) in [5, 5.41) is 0.229. The monoisotopic (exact) mass is 453 g/mol. The van der Waals surface area contributed by atoms with Crippen molar-refractivity contribution in [3.8, 4) is 0 Å². The first-order chi connectivity index (χ1) is 15.1. The van der Waals surface area contributed by atoms with Gasteiger partial charge >= 0.3 is 0 Å². The van der Waals surface area contributed by atoms with E-state index >= 15 is 0 Å². The van der Waals surface area contributed by atoms with Gasteiger partial charge in [-0.1, -0.05) is 23.9 Å². The van der Waals surface area contributed by atoms with E-state index in [-0.39, 0.29) is 28.3 Å². The maximum Gasteiger partial charge on any atom is 0.239 e. The van der Waals surface area contributed by atoms with Crippen LogP contribution in [-0.2, 0) is 10.3 Å². The second-order valence-electron chi connectivity index (χ2n) is 8.29. The lowest BCUT2D eigenvalue weighted by Crippen LogP contribution is -2.43. The number of hydrogen-bond acceptors (Lipinski definition) is 5. The van der Waals surface area contributed by atoms with E-state index < -0.39 is 21.9 Å². The van der Waals surface area contributed by atoms with Crippen LogP contribution >= 0.6 is 11.8 Å². The highest BCUT2D eigenvalue weighted by Gasteiger charge is 2.71. The molecule has 0 bridgehead atoms. The van der Waals surface area contributed by atoms with Crippen molar-refractivity contribution in [2.24, 2.45) is 16.6 Å². The zero-order valence-corrected chi connectivity index (χ0v) is 18.6. The molecule has 9 heteroatoms. The fourth-order valence-electron chi connectivity index (χ4n) is 4.27. The fraction of sp³-hybridized carbons (Fsp3) is 0.304. The number of nitrogens with zero attached hydrogens (tertiary/aromatic N) is 4. The summed E-state index contributed by atoms with van der Waals surface area (Å²) >= 11 is 1.23. The highest BCUT2D eigenvalue weighted by Crippen LogP contribution is 2.66. The molecule has 164 valence electrons. The first kappa shape index (κ1) is 22.0. The smallest absolute Gasteiger partial charge is 0.239 e.